The summed E-state index contributed by atoms with van der Waals surface area (Å²) in [5, 5.41) is 3.12. The molecule has 2 rings (SSSR count). The lowest BCUT2D eigenvalue weighted by Gasteiger charge is -2.23. The van der Waals surface area contributed by atoms with E-state index in [1.165, 1.54) is 25.7 Å². The molecular weight excluding hydrogens is 230 g/mol. The molecule has 4 atom stereocenters. The first kappa shape index (κ1) is 9.50. The molecule has 1 amide bonds. The van der Waals surface area contributed by atoms with Crippen LogP contribution in [-0.2, 0) is 4.79 Å². The molecule has 1 N–H and O–H groups in total. The van der Waals surface area contributed by atoms with Crippen LogP contribution < -0.4 is 5.32 Å². The predicted octanol–water partition coefficient (Wildman–Crippen LogP) is 2.07. The molecule has 0 radical (unpaired) electrons. The lowest BCUT2D eigenvalue weighted by molar-refractivity contribution is -0.121. The smallest absolute Gasteiger partial charge is 0.233 e. The zero-order valence-electron chi connectivity index (χ0n) is 7.92. The van der Waals surface area contributed by atoms with Crippen LogP contribution in [0.15, 0.2) is 0 Å². The van der Waals surface area contributed by atoms with Crippen LogP contribution in [0.5, 0.6) is 0 Å². The van der Waals surface area contributed by atoms with Crippen LogP contribution >= 0.6 is 15.9 Å². The summed E-state index contributed by atoms with van der Waals surface area (Å²) in [6.45, 7) is 1.88. The Bertz CT molecular complexity index is 217. The zero-order chi connectivity index (χ0) is 9.42. The number of carbonyl (C=O) groups excluding carboxylic acids is 1. The maximum absolute atomic E-state index is 11.4. The average Bonchev–Trinajstić information content (AvgIpc) is 2.64. The summed E-state index contributed by atoms with van der Waals surface area (Å²) in [6, 6.07) is 0.478. The third kappa shape index (κ3) is 1.90. The molecule has 0 spiro atoms. The summed E-state index contributed by atoms with van der Waals surface area (Å²) in [5.41, 5.74) is 0. The van der Waals surface area contributed by atoms with Crippen LogP contribution in [0, 0.1) is 11.8 Å². The van der Waals surface area contributed by atoms with Gasteiger partial charge in [-0.3, -0.25) is 4.79 Å². The lowest BCUT2D eigenvalue weighted by atomic mass is 9.95. The highest BCUT2D eigenvalue weighted by molar-refractivity contribution is 9.10. The first-order valence-electron chi connectivity index (χ1n) is 5.11. The maximum atomic E-state index is 11.4. The van der Waals surface area contributed by atoms with E-state index >= 15 is 0 Å². The van der Waals surface area contributed by atoms with Gasteiger partial charge in [-0.05, 0) is 38.0 Å². The van der Waals surface area contributed by atoms with Crippen LogP contribution in [0.2, 0.25) is 0 Å². The number of rotatable bonds is 2. The molecule has 0 saturated heterocycles. The molecule has 2 nitrogen and oxygen atoms in total. The number of hydrogen-bond acceptors (Lipinski definition) is 1. The first-order valence-corrected chi connectivity index (χ1v) is 6.03. The molecule has 0 aromatic carbocycles. The van der Waals surface area contributed by atoms with E-state index < -0.39 is 0 Å². The molecule has 74 valence electrons. The van der Waals surface area contributed by atoms with Gasteiger partial charge in [0.2, 0.25) is 5.91 Å². The van der Waals surface area contributed by atoms with Crippen LogP contribution in [0.1, 0.15) is 32.6 Å². The van der Waals surface area contributed by atoms with E-state index in [1.807, 2.05) is 6.92 Å². The Labute approximate surface area is 87.6 Å². The first-order chi connectivity index (χ1) is 6.16. The van der Waals surface area contributed by atoms with Gasteiger partial charge in [0, 0.05) is 6.04 Å². The van der Waals surface area contributed by atoms with Gasteiger partial charge in [0.05, 0.1) is 4.83 Å². The highest BCUT2D eigenvalue weighted by atomic mass is 79.9. The van der Waals surface area contributed by atoms with Crippen molar-refractivity contribution in [3.05, 3.63) is 0 Å². The van der Waals surface area contributed by atoms with E-state index in [2.05, 4.69) is 21.2 Å². The summed E-state index contributed by atoms with van der Waals surface area (Å²) in [7, 11) is 0. The van der Waals surface area contributed by atoms with E-state index in [4.69, 9.17) is 0 Å². The Balaban J connectivity index is 1.86. The second-order valence-electron chi connectivity index (χ2n) is 4.41. The van der Waals surface area contributed by atoms with E-state index in [1.54, 1.807) is 0 Å². The van der Waals surface area contributed by atoms with Gasteiger partial charge in [0.1, 0.15) is 0 Å². The summed E-state index contributed by atoms with van der Waals surface area (Å²) < 4.78 is 0. The SMILES string of the molecule is CC(Br)C(=O)NC1CC2CCC1C2. The van der Waals surface area contributed by atoms with E-state index in [0.29, 0.717) is 6.04 Å². The van der Waals surface area contributed by atoms with Crippen LogP contribution in [-0.4, -0.2) is 16.8 Å². The molecule has 3 heteroatoms. The fraction of sp³-hybridized carbons (Fsp3) is 0.900. The zero-order valence-corrected chi connectivity index (χ0v) is 9.51. The standard InChI is InChI=1S/C10H16BrNO/c1-6(11)10(13)12-9-5-7-2-3-8(9)4-7/h6-9H,2-5H2,1H3,(H,12,13). The van der Waals surface area contributed by atoms with Gasteiger partial charge in [0.15, 0.2) is 0 Å². The lowest BCUT2D eigenvalue weighted by Crippen LogP contribution is -2.41. The predicted molar refractivity (Wildman–Crippen MR) is 55.8 cm³/mol. The number of fused-ring (bicyclic) bond motifs is 2. The molecule has 0 aromatic heterocycles. The van der Waals surface area contributed by atoms with Gasteiger partial charge in [-0.2, -0.15) is 0 Å². The number of halogens is 1. The van der Waals surface area contributed by atoms with Gasteiger partial charge in [-0.25, -0.2) is 0 Å². The van der Waals surface area contributed by atoms with E-state index in [-0.39, 0.29) is 10.7 Å². The largest absolute Gasteiger partial charge is 0.352 e. The van der Waals surface area contributed by atoms with Crippen molar-refractivity contribution in [1.82, 2.24) is 5.32 Å². The molecule has 0 aliphatic heterocycles. The van der Waals surface area contributed by atoms with Crippen LogP contribution in [0.3, 0.4) is 0 Å². The molecule has 2 aliphatic rings. The monoisotopic (exact) mass is 245 g/mol. The van der Waals surface area contributed by atoms with Gasteiger partial charge in [-0.15, -0.1) is 0 Å². The minimum atomic E-state index is -0.0494. The number of alkyl halides is 1. The highest BCUT2D eigenvalue weighted by Gasteiger charge is 2.40. The molecule has 2 bridgehead atoms. The summed E-state index contributed by atoms with van der Waals surface area (Å²) >= 11 is 3.29. The minimum absolute atomic E-state index is 0.0494. The van der Waals surface area contributed by atoms with Crippen LogP contribution in [0.4, 0.5) is 0 Å². The second-order valence-corrected chi connectivity index (χ2v) is 5.78. The third-order valence-electron chi connectivity index (χ3n) is 3.43. The van der Waals surface area contributed by atoms with Crippen molar-refractivity contribution in [3.63, 3.8) is 0 Å². The third-order valence-corrected chi connectivity index (χ3v) is 3.84. The minimum Gasteiger partial charge on any atom is -0.352 e. The number of hydrogen-bond donors (Lipinski definition) is 1. The Morgan fingerprint density at radius 1 is 1.46 bits per heavy atom. The second kappa shape index (κ2) is 3.60. The average molecular weight is 246 g/mol. The number of amides is 1. The van der Waals surface area contributed by atoms with Gasteiger partial charge >= 0.3 is 0 Å². The van der Waals surface area contributed by atoms with E-state index in [0.717, 1.165) is 11.8 Å². The Morgan fingerprint density at radius 3 is 2.69 bits per heavy atom. The molecular formula is C10H16BrNO. The fourth-order valence-corrected chi connectivity index (χ4v) is 2.85. The molecule has 13 heavy (non-hydrogen) atoms. The van der Waals surface area contributed by atoms with Crippen molar-refractivity contribution >= 4 is 21.8 Å². The molecule has 2 saturated carbocycles. The van der Waals surface area contributed by atoms with Crippen molar-refractivity contribution in [2.45, 2.75) is 43.5 Å². The normalized spacial score (nSPS) is 39.1. The molecule has 2 fully saturated rings. The summed E-state index contributed by atoms with van der Waals surface area (Å²) in [5.74, 6) is 1.83. The van der Waals surface area contributed by atoms with Gasteiger partial charge < -0.3 is 5.32 Å². The number of nitrogens with one attached hydrogen (secondary N) is 1. The Hall–Kier alpha value is -0.0500. The Morgan fingerprint density at radius 2 is 2.23 bits per heavy atom. The highest BCUT2D eigenvalue weighted by Crippen LogP contribution is 2.44. The van der Waals surface area contributed by atoms with Crippen molar-refractivity contribution in [2.24, 2.45) is 11.8 Å². The van der Waals surface area contributed by atoms with Gasteiger partial charge in [0.25, 0.3) is 0 Å². The maximum Gasteiger partial charge on any atom is 0.233 e. The Kier molecular flexibility index (Phi) is 2.63. The summed E-state index contributed by atoms with van der Waals surface area (Å²) in [4.78, 5) is 11.4. The number of carbonyl (C=O) groups is 1. The molecule has 0 heterocycles. The van der Waals surface area contributed by atoms with E-state index in [9.17, 15) is 4.79 Å². The van der Waals surface area contributed by atoms with Crippen molar-refractivity contribution in [2.75, 3.05) is 0 Å². The molecule has 4 unspecified atom stereocenters. The fourth-order valence-electron chi connectivity index (χ4n) is 2.72. The van der Waals surface area contributed by atoms with Crippen molar-refractivity contribution in [1.29, 1.82) is 0 Å². The quantitative estimate of drug-likeness (QED) is 0.742. The molecule has 0 aromatic rings. The van der Waals surface area contributed by atoms with Crippen molar-refractivity contribution in [3.8, 4) is 0 Å². The van der Waals surface area contributed by atoms with Crippen molar-refractivity contribution < 1.29 is 4.79 Å². The molecule has 2 aliphatic carbocycles. The van der Waals surface area contributed by atoms with Gasteiger partial charge in [-0.1, -0.05) is 22.4 Å². The van der Waals surface area contributed by atoms with Crippen LogP contribution in [0.25, 0.3) is 0 Å². The summed E-state index contributed by atoms with van der Waals surface area (Å²) in [6.07, 6.45) is 5.28. The topological polar surface area (TPSA) is 29.1 Å².